The van der Waals surface area contributed by atoms with Gasteiger partial charge in [0.25, 0.3) is 0 Å². The summed E-state index contributed by atoms with van der Waals surface area (Å²) in [7, 11) is -14.7. The molecule has 14 heavy (non-hydrogen) atoms. The van der Waals surface area contributed by atoms with Crippen LogP contribution in [0, 0.1) is 0 Å². The van der Waals surface area contributed by atoms with Crippen LogP contribution < -0.4 is 8.25 Å². The lowest BCUT2D eigenvalue weighted by Crippen LogP contribution is -2.41. The summed E-state index contributed by atoms with van der Waals surface area (Å²) in [4.78, 5) is 0. The highest BCUT2D eigenvalue weighted by molar-refractivity contribution is 8.07. The molecule has 0 bridgehead atoms. The van der Waals surface area contributed by atoms with E-state index in [0.717, 1.165) is 4.13 Å². The van der Waals surface area contributed by atoms with Crippen molar-refractivity contribution in [1.29, 1.82) is 0 Å². The third-order valence-electron chi connectivity index (χ3n) is 0.640. The first-order valence-corrected chi connectivity index (χ1v) is 6.82. The molecule has 0 radical (unpaired) electrons. The van der Waals surface area contributed by atoms with Gasteiger partial charge in [-0.15, -0.1) is 0 Å². The Hall–Kier alpha value is -0.340. The summed E-state index contributed by atoms with van der Waals surface area (Å²) in [5, 5.41) is 0. The van der Waals surface area contributed by atoms with Gasteiger partial charge >= 0.3 is 30.9 Å². The van der Waals surface area contributed by atoms with E-state index in [1.807, 2.05) is 0 Å². The van der Waals surface area contributed by atoms with Crippen molar-refractivity contribution in [3.05, 3.63) is 0 Å². The molecule has 0 fully saturated rings. The molecular weight excluding hydrogens is 267 g/mol. The quantitative estimate of drug-likeness (QED) is 0.528. The highest BCUT2D eigenvalue weighted by Gasteiger charge is 2.25. The molecular formula is CH5FN2O7S3. The van der Waals surface area contributed by atoms with Gasteiger partial charge in [0.1, 0.15) is 0 Å². The Morgan fingerprint density at radius 2 is 1.43 bits per heavy atom. The first-order valence-electron chi connectivity index (χ1n) is 2.55. The van der Waals surface area contributed by atoms with Gasteiger partial charge in [0.05, 0.1) is 7.11 Å². The molecule has 0 saturated carbocycles. The summed E-state index contributed by atoms with van der Waals surface area (Å²) >= 11 is 0. The topological polar surface area (TPSA) is 136 Å². The zero-order valence-electron chi connectivity index (χ0n) is 6.46. The van der Waals surface area contributed by atoms with E-state index in [4.69, 9.17) is 0 Å². The normalized spacial score (nSPS) is 14.1. The molecule has 0 amide bonds. The summed E-state index contributed by atoms with van der Waals surface area (Å²) in [6, 6.07) is 0. The Labute approximate surface area is 80.0 Å². The van der Waals surface area contributed by atoms with Crippen molar-refractivity contribution in [2.24, 2.45) is 0 Å². The predicted molar refractivity (Wildman–Crippen MR) is 41.1 cm³/mol. The molecule has 0 aliphatic carbocycles. The maximum atomic E-state index is 11.8. The van der Waals surface area contributed by atoms with Gasteiger partial charge in [-0.25, -0.2) is 0 Å². The van der Waals surface area contributed by atoms with Crippen LogP contribution in [0.1, 0.15) is 0 Å². The van der Waals surface area contributed by atoms with Gasteiger partial charge < -0.3 is 0 Å². The number of halogens is 1. The first-order chi connectivity index (χ1) is 5.97. The molecule has 0 aromatic carbocycles. The average molecular weight is 272 g/mol. The van der Waals surface area contributed by atoms with Crippen LogP contribution in [-0.2, 0) is 35.1 Å². The van der Waals surface area contributed by atoms with Crippen LogP contribution >= 0.6 is 0 Å². The minimum atomic E-state index is -5.58. The minimum Gasteiger partial charge on any atom is -0.261 e. The van der Waals surface area contributed by atoms with Crippen LogP contribution in [0.2, 0.25) is 0 Å². The largest absolute Gasteiger partial charge is 0.386 e. The van der Waals surface area contributed by atoms with Gasteiger partial charge in [-0.2, -0.15) is 25.3 Å². The van der Waals surface area contributed by atoms with Gasteiger partial charge in [0.2, 0.25) is 0 Å². The molecule has 0 aromatic rings. The molecule has 0 saturated heterocycles. The van der Waals surface area contributed by atoms with Crippen LogP contribution in [0.3, 0.4) is 0 Å². The maximum absolute atomic E-state index is 11.8. The molecule has 0 atom stereocenters. The number of hydrogen-bond donors (Lipinski definition) is 2. The maximum Gasteiger partial charge on any atom is 0.386 e. The molecule has 0 heterocycles. The monoisotopic (exact) mass is 272 g/mol. The first kappa shape index (κ1) is 13.7. The molecule has 0 rings (SSSR count). The van der Waals surface area contributed by atoms with Gasteiger partial charge in [0, 0.05) is 0 Å². The smallest absolute Gasteiger partial charge is 0.261 e. The lowest BCUT2D eigenvalue weighted by atomic mass is 11.8. The fourth-order valence-electron chi connectivity index (χ4n) is 0.316. The third kappa shape index (κ3) is 6.17. The van der Waals surface area contributed by atoms with E-state index in [9.17, 15) is 29.1 Å². The Kier molecular flexibility index (Phi) is 3.93. The molecule has 0 aliphatic rings. The summed E-state index contributed by atoms with van der Waals surface area (Å²) in [5.74, 6) is 0. The number of nitrogens with one attached hydrogen (secondary N) is 2. The van der Waals surface area contributed by atoms with Crippen molar-refractivity contribution in [2.45, 2.75) is 0 Å². The highest BCUT2D eigenvalue weighted by atomic mass is 32.3. The number of rotatable bonds is 5. The summed E-state index contributed by atoms with van der Waals surface area (Å²) < 4.78 is 78.0. The van der Waals surface area contributed by atoms with Crippen LogP contribution in [0.25, 0.3) is 0 Å². The summed E-state index contributed by atoms with van der Waals surface area (Å²) in [6.07, 6.45) is 0. The van der Waals surface area contributed by atoms with E-state index in [-0.39, 0.29) is 0 Å². The van der Waals surface area contributed by atoms with Crippen molar-refractivity contribution in [3.8, 4) is 0 Å². The molecule has 0 unspecified atom stereocenters. The molecule has 0 aromatic heterocycles. The second kappa shape index (κ2) is 4.03. The Bertz CT molecular complexity index is 485. The number of hydrogen-bond acceptors (Lipinski definition) is 7. The SMILES string of the molecule is COS(=O)(=O)NS(=O)(=O)NS(=O)(=O)F. The van der Waals surface area contributed by atoms with E-state index in [2.05, 4.69) is 4.18 Å². The summed E-state index contributed by atoms with van der Waals surface area (Å²) in [6.45, 7) is 0. The van der Waals surface area contributed by atoms with Crippen molar-refractivity contribution in [2.75, 3.05) is 7.11 Å². The third-order valence-corrected chi connectivity index (χ3v) is 4.45. The van der Waals surface area contributed by atoms with Crippen molar-refractivity contribution < 1.29 is 33.3 Å². The van der Waals surface area contributed by atoms with Crippen molar-refractivity contribution in [3.63, 3.8) is 0 Å². The fourth-order valence-corrected chi connectivity index (χ4v) is 3.15. The fraction of sp³-hybridized carbons (Fsp3) is 1.00. The zero-order valence-corrected chi connectivity index (χ0v) is 8.91. The average Bonchev–Trinajstić information content (AvgIpc) is 1.78. The Balaban J connectivity index is 4.88. The van der Waals surface area contributed by atoms with E-state index in [1.165, 1.54) is 0 Å². The minimum absolute atomic E-state index is 0.393. The predicted octanol–water partition coefficient (Wildman–Crippen LogP) is -2.48. The highest BCUT2D eigenvalue weighted by Crippen LogP contribution is 1.92. The standard InChI is InChI=1S/CH5FN2O7S3/c1-11-14(9,10)4-13(7,8)3-12(2,5)6/h3-4H,1H3. The van der Waals surface area contributed by atoms with Crippen LogP contribution in [0.15, 0.2) is 0 Å². The van der Waals surface area contributed by atoms with Gasteiger partial charge in [-0.1, -0.05) is 12.1 Å². The van der Waals surface area contributed by atoms with Crippen molar-refractivity contribution >= 4 is 30.9 Å². The van der Waals surface area contributed by atoms with Crippen LogP contribution in [-0.4, -0.2) is 32.4 Å². The van der Waals surface area contributed by atoms with Gasteiger partial charge in [-0.05, 0) is 0 Å². The zero-order chi connectivity index (χ0) is 11.6. The lowest BCUT2D eigenvalue weighted by molar-refractivity contribution is 0.394. The summed E-state index contributed by atoms with van der Waals surface area (Å²) in [5.41, 5.74) is 0. The van der Waals surface area contributed by atoms with Crippen LogP contribution in [0.4, 0.5) is 3.89 Å². The molecule has 0 aliphatic heterocycles. The van der Waals surface area contributed by atoms with E-state index < -0.39 is 30.9 Å². The van der Waals surface area contributed by atoms with E-state index >= 15 is 0 Å². The van der Waals surface area contributed by atoms with E-state index in [0.29, 0.717) is 11.2 Å². The second-order valence-corrected chi connectivity index (χ2v) is 6.19. The van der Waals surface area contributed by atoms with Gasteiger partial charge in [0.15, 0.2) is 0 Å². The molecule has 86 valence electrons. The van der Waals surface area contributed by atoms with Gasteiger partial charge in [-0.3, -0.25) is 4.18 Å². The van der Waals surface area contributed by atoms with E-state index in [1.54, 1.807) is 0 Å². The lowest BCUT2D eigenvalue weighted by Gasteiger charge is -2.03. The molecule has 13 heteroatoms. The van der Waals surface area contributed by atoms with Crippen molar-refractivity contribution in [1.82, 2.24) is 8.25 Å². The molecule has 9 nitrogen and oxygen atoms in total. The Morgan fingerprint density at radius 1 is 1.00 bits per heavy atom. The molecule has 0 spiro atoms. The molecule has 2 N–H and O–H groups in total. The Morgan fingerprint density at radius 3 is 1.71 bits per heavy atom. The second-order valence-electron chi connectivity index (χ2n) is 1.73. The van der Waals surface area contributed by atoms with Crippen LogP contribution in [0.5, 0.6) is 0 Å².